The molecule has 2 aromatic rings. The van der Waals surface area contributed by atoms with Crippen molar-refractivity contribution >= 4 is 17.5 Å². The van der Waals surface area contributed by atoms with Crippen molar-refractivity contribution in [3.8, 4) is 11.5 Å². The monoisotopic (exact) mass is 450 g/mol. The Morgan fingerprint density at radius 2 is 1.79 bits per heavy atom. The fraction of sp³-hybridized carbons (Fsp3) is 0.400. The summed E-state index contributed by atoms with van der Waals surface area (Å²) >= 11 is 0. The summed E-state index contributed by atoms with van der Waals surface area (Å²) in [5.74, 6) is 0.924. The maximum atomic E-state index is 13.4. The average molecular weight is 451 g/mol. The average Bonchev–Trinajstić information content (AvgIpc) is 3.30. The zero-order chi connectivity index (χ0) is 23.4. The minimum Gasteiger partial charge on any atom is -0.497 e. The van der Waals surface area contributed by atoms with Crippen LogP contribution < -0.4 is 15.2 Å². The van der Waals surface area contributed by atoms with Gasteiger partial charge in [-0.25, -0.2) is 5.01 Å². The maximum Gasteiger partial charge on any atom is 0.257 e. The van der Waals surface area contributed by atoms with Gasteiger partial charge in [-0.3, -0.25) is 14.5 Å². The lowest BCUT2D eigenvalue weighted by Gasteiger charge is -2.31. The van der Waals surface area contributed by atoms with Crippen LogP contribution in [0.3, 0.4) is 0 Å². The van der Waals surface area contributed by atoms with E-state index < -0.39 is 0 Å². The number of benzene rings is 2. The molecule has 8 nitrogen and oxygen atoms in total. The van der Waals surface area contributed by atoms with Gasteiger partial charge in [0.2, 0.25) is 5.91 Å². The Labute approximate surface area is 193 Å². The molecule has 174 valence electrons. The molecule has 0 bridgehead atoms. The molecule has 0 aromatic heterocycles. The van der Waals surface area contributed by atoms with Gasteiger partial charge in [0, 0.05) is 24.0 Å². The summed E-state index contributed by atoms with van der Waals surface area (Å²) < 4.78 is 10.9. The van der Waals surface area contributed by atoms with Crippen molar-refractivity contribution in [1.29, 1.82) is 0 Å². The summed E-state index contributed by atoms with van der Waals surface area (Å²) in [7, 11) is 3.22. The number of carbonyl (C=O) groups is 2. The smallest absolute Gasteiger partial charge is 0.257 e. The highest BCUT2D eigenvalue weighted by Crippen LogP contribution is 2.36. The Bertz CT molecular complexity index is 1030. The number of primary amides is 1. The van der Waals surface area contributed by atoms with E-state index >= 15 is 0 Å². The normalized spacial score (nSPS) is 19.3. The highest BCUT2D eigenvalue weighted by atomic mass is 16.5. The number of carbonyl (C=O) groups excluding carboxylic acids is 2. The van der Waals surface area contributed by atoms with E-state index in [0.717, 1.165) is 16.8 Å². The Morgan fingerprint density at radius 1 is 1.06 bits per heavy atom. The first-order valence-corrected chi connectivity index (χ1v) is 11.2. The van der Waals surface area contributed by atoms with E-state index in [2.05, 4.69) is 4.90 Å². The number of hydrazone groups is 1. The van der Waals surface area contributed by atoms with E-state index in [4.69, 9.17) is 20.3 Å². The SMILES string of the molecule is COc1ccc(C2=NN(C(=O)CN3CCC(C(N)=O)CC3)C(c3ccccc3)C2)c(OC)c1. The Balaban J connectivity index is 1.57. The summed E-state index contributed by atoms with van der Waals surface area (Å²) in [5, 5.41) is 6.37. The summed E-state index contributed by atoms with van der Waals surface area (Å²) in [6.45, 7) is 1.60. The third-order valence-electron chi connectivity index (χ3n) is 6.42. The first-order chi connectivity index (χ1) is 16.0. The minimum absolute atomic E-state index is 0.0659. The molecule has 1 saturated heterocycles. The molecule has 8 heteroatoms. The van der Waals surface area contributed by atoms with Gasteiger partial charge in [0.05, 0.1) is 32.5 Å². The first-order valence-electron chi connectivity index (χ1n) is 11.2. The lowest BCUT2D eigenvalue weighted by molar-refractivity contribution is -0.134. The van der Waals surface area contributed by atoms with Gasteiger partial charge < -0.3 is 15.2 Å². The van der Waals surface area contributed by atoms with Crippen molar-refractivity contribution in [2.45, 2.75) is 25.3 Å². The molecule has 2 aromatic carbocycles. The van der Waals surface area contributed by atoms with Gasteiger partial charge in [-0.1, -0.05) is 30.3 Å². The van der Waals surface area contributed by atoms with Crippen LogP contribution in [0.2, 0.25) is 0 Å². The highest BCUT2D eigenvalue weighted by Gasteiger charge is 2.35. The van der Waals surface area contributed by atoms with Crippen LogP contribution in [0, 0.1) is 5.92 Å². The summed E-state index contributed by atoms with van der Waals surface area (Å²) in [6, 6.07) is 15.4. The van der Waals surface area contributed by atoms with Gasteiger partial charge >= 0.3 is 0 Å². The number of rotatable bonds is 7. The third-order valence-corrected chi connectivity index (χ3v) is 6.42. The molecule has 2 heterocycles. The van der Waals surface area contributed by atoms with E-state index in [1.165, 1.54) is 0 Å². The van der Waals surface area contributed by atoms with Gasteiger partial charge in [0.25, 0.3) is 5.91 Å². The second-order valence-corrected chi connectivity index (χ2v) is 8.43. The number of hydrogen-bond acceptors (Lipinski definition) is 6. The number of likely N-dealkylation sites (tertiary alicyclic amines) is 1. The topological polar surface area (TPSA) is 97.5 Å². The lowest BCUT2D eigenvalue weighted by Crippen LogP contribution is -2.43. The van der Waals surface area contributed by atoms with E-state index in [0.29, 0.717) is 43.9 Å². The second kappa shape index (κ2) is 10.0. The van der Waals surface area contributed by atoms with Gasteiger partial charge in [-0.15, -0.1) is 0 Å². The molecule has 33 heavy (non-hydrogen) atoms. The number of methoxy groups -OCH3 is 2. The molecule has 4 rings (SSSR count). The van der Waals surface area contributed by atoms with E-state index in [1.807, 2.05) is 48.5 Å². The predicted molar refractivity (Wildman–Crippen MR) is 125 cm³/mol. The minimum atomic E-state index is -0.257. The molecule has 0 radical (unpaired) electrons. The molecule has 0 spiro atoms. The summed E-state index contributed by atoms with van der Waals surface area (Å²) in [6.07, 6.45) is 1.95. The molecular weight excluding hydrogens is 420 g/mol. The molecule has 1 fully saturated rings. The predicted octanol–water partition coefficient (Wildman–Crippen LogP) is 2.58. The van der Waals surface area contributed by atoms with E-state index in [1.54, 1.807) is 19.2 Å². The Kier molecular flexibility index (Phi) is 6.93. The van der Waals surface area contributed by atoms with Crippen LogP contribution in [-0.2, 0) is 9.59 Å². The zero-order valence-corrected chi connectivity index (χ0v) is 19.1. The quantitative estimate of drug-likeness (QED) is 0.699. The molecular formula is C25H30N4O4. The molecule has 2 N–H and O–H groups in total. The largest absolute Gasteiger partial charge is 0.497 e. The molecule has 0 saturated carbocycles. The fourth-order valence-corrected chi connectivity index (χ4v) is 4.51. The lowest BCUT2D eigenvalue weighted by atomic mass is 9.96. The van der Waals surface area contributed by atoms with Crippen LogP contribution in [-0.4, -0.2) is 61.3 Å². The molecule has 2 amide bonds. The fourth-order valence-electron chi connectivity index (χ4n) is 4.51. The second-order valence-electron chi connectivity index (χ2n) is 8.43. The highest BCUT2D eigenvalue weighted by molar-refractivity contribution is 6.05. The van der Waals surface area contributed by atoms with Crippen molar-refractivity contribution in [2.75, 3.05) is 33.9 Å². The van der Waals surface area contributed by atoms with Gasteiger partial charge in [-0.2, -0.15) is 5.10 Å². The number of amides is 2. The van der Waals surface area contributed by atoms with E-state index in [-0.39, 0.29) is 30.3 Å². The van der Waals surface area contributed by atoms with Crippen LogP contribution in [0.1, 0.15) is 36.4 Å². The van der Waals surface area contributed by atoms with Gasteiger partial charge in [-0.05, 0) is 43.6 Å². The third kappa shape index (κ3) is 5.01. The summed E-state index contributed by atoms with van der Waals surface area (Å²) in [5.41, 5.74) is 8.11. The van der Waals surface area contributed by atoms with Crippen molar-refractivity contribution < 1.29 is 19.1 Å². The van der Waals surface area contributed by atoms with Crippen molar-refractivity contribution in [2.24, 2.45) is 16.8 Å². The van der Waals surface area contributed by atoms with Crippen molar-refractivity contribution in [3.05, 3.63) is 59.7 Å². The molecule has 1 unspecified atom stereocenters. The number of ether oxygens (including phenoxy) is 2. The molecule has 2 aliphatic rings. The van der Waals surface area contributed by atoms with Crippen LogP contribution >= 0.6 is 0 Å². The molecule has 0 aliphatic carbocycles. The van der Waals surface area contributed by atoms with Crippen LogP contribution in [0.5, 0.6) is 11.5 Å². The number of hydrogen-bond donors (Lipinski definition) is 1. The summed E-state index contributed by atoms with van der Waals surface area (Å²) in [4.78, 5) is 26.9. The first kappa shape index (κ1) is 22.8. The number of piperidine rings is 1. The van der Waals surface area contributed by atoms with Gasteiger partial charge in [0.15, 0.2) is 0 Å². The van der Waals surface area contributed by atoms with E-state index in [9.17, 15) is 9.59 Å². The van der Waals surface area contributed by atoms with Crippen LogP contribution in [0.25, 0.3) is 0 Å². The maximum absolute atomic E-state index is 13.4. The van der Waals surface area contributed by atoms with Crippen molar-refractivity contribution in [1.82, 2.24) is 9.91 Å². The Morgan fingerprint density at radius 3 is 2.42 bits per heavy atom. The molecule has 1 atom stereocenters. The Hall–Kier alpha value is -3.39. The van der Waals surface area contributed by atoms with Gasteiger partial charge in [0.1, 0.15) is 11.5 Å². The standard InChI is InChI=1S/C25H30N4O4/c1-32-19-8-9-20(23(14-19)33-2)21-15-22(17-6-4-3-5-7-17)29(27-21)24(30)16-28-12-10-18(11-13-28)25(26)31/h3-9,14,18,22H,10-13,15-16H2,1-2H3,(H2,26,31). The van der Waals surface area contributed by atoms with Crippen LogP contribution in [0.4, 0.5) is 0 Å². The van der Waals surface area contributed by atoms with Crippen molar-refractivity contribution in [3.63, 3.8) is 0 Å². The van der Waals surface area contributed by atoms with Crippen LogP contribution in [0.15, 0.2) is 53.6 Å². The zero-order valence-electron chi connectivity index (χ0n) is 19.1. The molecule has 2 aliphatic heterocycles. The number of nitrogens with zero attached hydrogens (tertiary/aromatic N) is 3. The number of nitrogens with two attached hydrogens (primary N) is 1.